The summed E-state index contributed by atoms with van der Waals surface area (Å²) in [5.41, 5.74) is 10.3. The van der Waals surface area contributed by atoms with Crippen molar-refractivity contribution >= 4 is 11.8 Å². The molecular formula is C9H19N3O2. The summed E-state index contributed by atoms with van der Waals surface area (Å²) in [5, 5.41) is 2.56. The van der Waals surface area contributed by atoms with Gasteiger partial charge < -0.3 is 16.8 Å². The van der Waals surface area contributed by atoms with Crippen molar-refractivity contribution in [2.24, 2.45) is 16.9 Å². The third kappa shape index (κ3) is 4.81. The van der Waals surface area contributed by atoms with E-state index in [4.69, 9.17) is 11.5 Å². The van der Waals surface area contributed by atoms with Crippen LogP contribution < -0.4 is 16.8 Å². The van der Waals surface area contributed by atoms with Crippen LogP contribution in [0, 0.1) is 5.41 Å². The number of amides is 2. The quantitative estimate of drug-likeness (QED) is 0.563. The minimum atomic E-state index is -0.574. The van der Waals surface area contributed by atoms with Gasteiger partial charge in [0.15, 0.2) is 0 Å². The fourth-order valence-electron chi connectivity index (χ4n) is 0.812. The SMILES string of the molecule is CC(C)(C)[C@H](N)C(=O)NCCC(N)=O. The van der Waals surface area contributed by atoms with Gasteiger partial charge in [0.05, 0.1) is 6.04 Å². The summed E-state index contributed by atoms with van der Waals surface area (Å²) in [7, 11) is 0. The van der Waals surface area contributed by atoms with Crippen LogP contribution in [0.3, 0.4) is 0 Å². The predicted molar refractivity (Wildman–Crippen MR) is 54.3 cm³/mol. The van der Waals surface area contributed by atoms with Crippen molar-refractivity contribution < 1.29 is 9.59 Å². The number of hydrogen-bond donors (Lipinski definition) is 3. The Hall–Kier alpha value is -1.10. The Morgan fingerprint density at radius 2 is 1.86 bits per heavy atom. The minimum Gasteiger partial charge on any atom is -0.370 e. The van der Waals surface area contributed by atoms with Gasteiger partial charge in [-0.1, -0.05) is 20.8 Å². The average Bonchev–Trinajstić information content (AvgIpc) is 2.00. The molecule has 0 fully saturated rings. The smallest absolute Gasteiger partial charge is 0.237 e. The molecule has 0 radical (unpaired) electrons. The maximum absolute atomic E-state index is 11.4. The van der Waals surface area contributed by atoms with Gasteiger partial charge >= 0.3 is 0 Å². The molecule has 2 amide bonds. The van der Waals surface area contributed by atoms with Crippen molar-refractivity contribution in [2.75, 3.05) is 6.54 Å². The minimum absolute atomic E-state index is 0.141. The normalized spacial score (nSPS) is 13.4. The van der Waals surface area contributed by atoms with Crippen LogP contribution in [0.4, 0.5) is 0 Å². The summed E-state index contributed by atoms with van der Waals surface area (Å²) < 4.78 is 0. The standard InChI is InChI=1S/C9H19N3O2/c1-9(2,3)7(11)8(14)12-5-4-6(10)13/h7H,4-5,11H2,1-3H3,(H2,10,13)(H,12,14)/t7-/m1/s1. The lowest BCUT2D eigenvalue weighted by Crippen LogP contribution is -2.49. The van der Waals surface area contributed by atoms with Gasteiger partial charge in [0.2, 0.25) is 11.8 Å². The number of nitrogens with two attached hydrogens (primary N) is 2. The van der Waals surface area contributed by atoms with Crippen LogP contribution in [0.15, 0.2) is 0 Å². The lowest BCUT2D eigenvalue weighted by molar-refractivity contribution is -0.124. The van der Waals surface area contributed by atoms with Crippen molar-refractivity contribution in [1.82, 2.24) is 5.32 Å². The predicted octanol–water partition coefficient (Wildman–Crippen LogP) is -0.649. The summed E-state index contributed by atoms with van der Waals surface area (Å²) in [6.07, 6.45) is 0.141. The van der Waals surface area contributed by atoms with Gasteiger partial charge in [0, 0.05) is 13.0 Å². The van der Waals surface area contributed by atoms with E-state index in [-0.39, 0.29) is 24.3 Å². The van der Waals surface area contributed by atoms with Crippen LogP contribution in [-0.2, 0) is 9.59 Å². The van der Waals surface area contributed by atoms with Gasteiger partial charge in [-0.05, 0) is 5.41 Å². The van der Waals surface area contributed by atoms with E-state index in [1.807, 2.05) is 20.8 Å². The Morgan fingerprint density at radius 1 is 1.36 bits per heavy atom. The third-order valence-corrected chi connectivity index (χ3v) is 1.89. The van der Waals surface area contributed by atoms with Crippen molar-refractivity contribution in [3.05, 3.63) is 0 Å². The highest BCUT2D eigenvalue weighted by atomic mass is 16.2. The van der Waals surface area contributed by atoms with E-state index in [1.54, 1.807) is 0 Å². The van der Waals surface area contributed by atoms with Crippen LogP contribution in [0.1, 0.15) is 27.2 Å². The molecule has 0 saturated heterocycles. The van der Waals surface area contributed by atoms with Gasteiger partial charge in [0.1, 0.15) is 0 Å². The first-order valence-electron chi connectivity index (χ1n) is 4.56. The van der Waals surface area contributed by atoms with E-state index in [9.17, 15) is 9.59 Å². The lowest BCUT2D eigenvalue weighted by Gasteiger charge is -2.25. The lowest BCUT2D eigenvalue weighted by atomic mass is 9.87. The highest BCUT2D eigenvalue weighted by Gasteiger charge is 2.26. The van der Waals surface area contributed by atoms with E-state index in [1.165, 1.54) is 0 Å². The van der Waals surface area contributed by atoms with Crippen molar-refractivity contribution in [1.29, 1.82) is 0 Å². The third-order valence-electron chi connectivity index (χ3n) is 1.89. The summed E-state index contributed by atoms with van der Waals surface area (Å²) >= 11 is 0. The number of carbonyl (C=O) groups is 2. The molecule has 0 aliphatic heterocycles. The highest BCUT2D eigenvalue weighted by Crippen LogP contribution is 2.16. The highest BCUT2D eigenvalue weighted by molar-refractivity contribution is 5.83. The molecule has 0 aromatic carbocycles. The topological polar surface area (TPSA) is 98.2 Å². The number of primary amides is 1. The maximum atomic E-state index is 11.4. The molecule has 0 aromatic rings. The summed E-state index contributed by atoms with van der Waals surface area (Å²) in [4.78, 5) is 21.8. The Labute approximate surface area is 84.2 Å². The van der Waals surface area contributed by atoms with Crippen LogP contribution >= 0.6 is 0 Å². The number of hydrogen-bond acceptors (Lipinski definition) is 3. The van der Waals surface area contributed by atoms with E-state index < -0.39 is 11.9 Å². The Morgan fingerprint density at radius 3 is 2.21 bits per heavy atom. The first kappa shape index (κ1) is 12.9. The fourth-order valence-corrected chi connectivity index (χ4v) is 0.812. The van der Waals surface area contributed by atoms with Gasteiger partial charge in [-0.3, -0.25) is 9.59 Å². The molecular weight excluding hydrogens is 182 g/mol. The molecule has 1 atom stereocenters. The molecule has 0 rings (SSSR count). The van der Waals surface area contributed by atoms with Gasteiger partial charge in [0.25, 0.3) is 0 Å². The fraction of sp³-hybridized carbons (Fsp3) is 0.778. The first-order valence-corrected chi connectivity index (χ1v) is 4.56. The summed E-state index contributed by atoms with van der Waals surface area (Å²) in [6.45, 7) is 5.89. The van der Waals surface area contributed by atoms with Crippen LogP contribution in [0.2, 0.25) is 0 Å². The number of rotatable bonds is 4. The molecule has 82 valence electrons. The second kappa shape index (κ2) is 4.95. The molecule has 0 heterocycles. The second-order valence-corrected chi connectivity index (χ2v) is 4.35. The van der Waals surface area contributed by atoms with E-state index in [0.717, 1.165) is 0 Å². The summed E-state index contributed by atoms with van der Waals surface area (Å²) in [5.74, 6) is -0.687. The maximum Gasteiger partial charge on any atom is 0.237 e. The molecule has 14 heavy (non-hydrogen) atoms. The number of carbonyl (C=O) groups excluding carboxylic acids is 2. The van der Waals surface area contributed by atoms with Gasteiger partial charge in [-0.2, -0.15) is 0 Å². The molecule has 5 heteroatoms. The van der Waals surface area contributed by atoms with Gasteiger partial charge in [-0.25, -0.2) is 0 Å². The van der Waals surface area contributed by atoms with E-state index in [0.29, 0.717) is 0 Å². The van der Waals surface area contributed by atoms with Crippen LogP contribution in [0.25, 0.3) is 0 Å². The van der Waals surface area contributed by atoms with Crippen LogP contribution in [0.5, 0.6) is 0 Å². The Balaban J connectivity index is 3.91. The van der Waals surface area contributed by atoms with Crippen molar-refractivity contribution in [2.45, 2.75) is 33.2 Å². The second-order valence-electron chi connectivity index (χ2n) is 4.35. The van der Waals surface area contributed by atoms with E-state index in [2.05, 4.69) is 5.32 Å². The molecule has 5 nitrogen and oxygen atoms in total. The Bertz CT molecular complexity index is 221. The zero-order valence-electron chi connectivity index (χ0n) is 8.96. The Kier molecular flexibility index (Phi) is 4.56. The molecule has 0 aromatic heterocycles. The molecule has 0 unspecified atom stereocenters. The average molecular weight is 201 g/mol. The van der Waals surface area contributed by atoms with E-state index >= 15 is 0 Å². The van der Waals surface area contributed by atoms with Gasteiger partial charge in [-0.15, -0.1) is 0 Å². The molecule has 0 aliphatic carbocycles. The monoisotopic (exact) mass is 201 g/mol. The summed E-state index contributed by atoms with van der Waals surface area (Å²) in [6, 6.07) is -0.574. The van der Waals surface area contributed by atoms with Crippen molar-refractivity contribution in [3.63, 3.8) is 0 Å². The zero-order chi connectivity index (χ0) is 11.4. The zero-order valence-corrected chi connectivity index (χ0v) is 8.96. The number of nitrogens with one attached hydrogen (secondary N) is 1. The van der Waals surface area contributed by atoms with Crippen LogP contribution in [-0.4, -0.2) is 24.4 Å². The first-order chi connectivity index (χ1) is 6.25. The molecule has 0 bridgehead atoms. The molecule has 0 aliphatic rings. The molecule has 0 saturated carbocycles. The molecule has 0 spiro atoms. The largest absolute Gasteiger partial charge is 0.370 e. The van der Waals surface area contributed by atoms with Crippen molar-refractivity contribution in [3.8, 4) is 0 Å². The molecule has 5 N–H and O–H groups in total.